The molecule has 0 bridgehead atoms. The molecular formula is C18H27ClN5S+. The second kappa shape index (κ2) is 9.46. The number of anilines is 1. The number of nitrogens with zero attached hydrogens (tertiary/aromatic N) is 3. The molecule has 2 heterocycles. The number of hydrogen-bond acceptors (Lipinski definition) is 4. The fourth-order valence-corrected chi connectivity index (χ4v) is 4.51. The van der Waals surface area contributed by atoms with Crippen LogP contribution in [0.2, 0.25) is 5.02 Å². The van der Waals surface area contributed by atoms with Gasteiger partial charge in [-0.3, -0.25) is 0 Å². The monoisotopic (exact) mass is 380 g/mol. The van der Waals surface area contributed by atoms with E-state index in [0.29, 0.717) is 6.54 Å². The number of benzene rings is 1. The lowest BCUT2D eigenvalue weighted by Gasteiger charge is -2.23. The molecule has 2 N–H and O–H groups in total. The van der Waals surface area contributed by atoms with Gasteiger partial charge in [0.05, 0.1) is 42.6 Å². The van der Waals surface area contributed by atoms with Gasteiger partial charge in [-0.1, -0.05) is 35.5 Å². The fraction of sp³-hybridized carbons (Fsp3) is 0.556. The van der Waals surface area contributed by atoms with Crippen LogP contribution in [0.25, 0.3) is 0 Å². The first-order chi connectivity index (χ1) is 12.3. The molecule has 1 aromatic heterocycles. The average molecular weight is 381 g/mol. The highest BCUT2D eigenvalue weighted by Gasteiger charge is 2.15. The summed E-state index contributed by atoms with van der Waals surface area (Å²) in [5, 5.41) is 13.9. The number of halogens is 1. The first-order valence-electron chi connectivity index (χ1n) is 9.14. The van der Waals surface area contributed by atoms with Gasteiger partial charge in [-0.15, -0.1) is 10.2 Å². The molecule has 2 aromatic rings. The van der Waals surface area contributed by atoms with Crippen molar-refractivity contribution in [1.29, 1.82) is 0 Å². The fourth-order valence-electron chi connectivity index (χ4n) is 3.24. The maximum atomic E-state index is 6.20. The van der Waals surface area contributed by atoms with Gasteiger partial charge in [-0.2, -0.15) is 0 Å². The Hall–Kier alpha value is -1.24. The number of likely N-dealkylation sites (tertiary alicyclic amines) is 1. The van der Waals surface area contributed by atoms with Gasteiger partial charge in [-0.05, 0) is 38.3 Å². The molecule has 0 unspecified atom stereocenters. The Morgan fingerprint density at radius 3 is 2.76 bits per heavy atom. The third-order valence-corrected chi connectivity index (χ3v) is 5.97. The highest BCUT2D eigenvalue weighted by Crippen LogP contribution is 2.22. The molecule has 0 amide bonds. The Kier molecular flexibility index (Phi) is 7.02. The molecule has 1 saturated heterocycles. The quantitative estimate of drug-likeness (QED) is 0.691. The topological polar surface area (TPSA) is 47.2 Å². The lowest BCUT2D eigenvalue weighted by molar-refractivity contribution is -0.902. The van der Waals surface area contributed by atoms with Crippen LogP contribution in [0.1, 0.15) is 32.0 Å². The van der Waals surface area contributed by atoms with Crippen molar-refractivity contribution in [1.82, 2.24) is 14.8 Å². The minimum Gasteiger partial charge on any atom is -0.377 e. The van der Waals surface area contributed by atoms with E-state index in [4.69, 9.17) is 11.6 Å². The van der Waals surface area contributed by atoms with Crippen molar-refractivity contribution in [3.63, 3.8) is 0 Å². The van der Waals surface area contributed by atoms with Gasteiger partial charge < -0.3 is 14.8 Å². The van der Waals surface area contributed by atoms with Crippen molar-refractivity contribution in [3.8, 4) is 0 Å². The molecule has 25 heavy (non-hydrogen) atoms. The van der Waals surface area contributed by atoms with Crippen LogP contribution >= 0.6 is 23.4 Å². The predicted octanol–water partition coefficient (Wildman–Crippen LogP) is 2.72. The Morgan fingerprint density at radius 1 is 1.20 bits per heavy atom. The predicted molar refractivity (Wildman–Crippen MR) is 105 cm³/mol. The lowest BCUT2D eigenvalue weighted by Crippen LogP contribution is -3.13. The molecule has 1 aromatic carbocycles. The van der Waals surface area contributed by atoms with E-state index in [1.54, 1.807) is 4.90 Å². The summed E-state index contributed by atoms with van der Waals surface area (Å²) in [6, 6.07) is 7.77. The molecule has 1 aliphatic rings. The van der Waals surface area contributed by atoms with Gasteiger partial charge in [0.15, 0.2) is 11.0 Å². The Balaban J connectivity index is 1.54. The molecule has 1 aliphatic heterocycles. The lowest BCUT2D eigenvalue weighted by atomic mass is 10.1. The van der Waals surface area contributed by atoms with Crippen LogP contribution in [0, 0.1) is 0 Å². The Bertz CT molecular complexity index is 669. The number of hydrogen-bond donors (Lipinski definition) is 2. The zero-order valence-corrected chi connectivity index (χ0v) is 16.4. The van der Waals surface area contributed by atoms with Gasteiger partial charge >= 0.3 is 0 Å². The second-order valence-electron chi connectivity index (χ2n) is 6.39. The molecule has 0 spiro atoms. The highest BCUT2D eigenvalue weighted by molar-refractivity contribution is 7.99. The van der Waals surface area contributed by atoms with E-state index in [1.807, 2.05) is 36.0 Å². The largest absolute Gasteiger partial charge is 0.377 e. The number of rotatable bonds is 8. The zero-order valence-electron chi connectivity index (χ0n) is 14.8. The number of aromatic nitrogens is 3. The summed E-state index contributed by atoms with van der Waals surface area (Å²) in [4.78, 5) is 1.74. The van der Waals surface area contributed by atoms with Crippen molar-refractivity contribution < 1.29 is 4.90 Å². The van der Waals surface area contributed by atoms with E-state index in [9.17, 15) is 0 Å². The van der Waals surface area contributed by atoms with Crippen LogP contribution in [-0.2, 0) is 13.1 Å². The van der Waals surface area contributed by atoms with Crippen molar-refractivity contribution in [2.24, 2.45) is 0 Å². The third-order valence-electron chi connectivity index (χ3n) is 4.67. The van der Waals surface area contributed by atoms with Crippen molar-refractivity contribution in [2.75, 3.05) is 30.7 Å². The van der Waals surface area contributed by atoms with Crippen LogP contribution in [0.3, 0.4) is 0 Å². The van der Waals surface area contributed by atoms with Gasteiger partial charge in [0.1, 0.15) is 0 Å². The molecule has 3 rings (SSSR count). The maximum Gasteiger partial charge on any atom is 0.191 e. The maximum absolute atomic E-state index is 6.20. The molecule has 0 aliphatic carbocycles. The molecule has 0 radical (unpaired) electrons. The van der Waals surface area contributed by atoms with Crippen LogP contribution in [0.4, 0.5) is 5.69 Å². The highest BCUT2D eigenvalue weighted by atomic mass is 35.5. The first-order valence-corrected chi connectivity index (χ1v) is 10.5. The van der Waals surface area contributed by atoms with Gasteiger partial charge in [-0.25, -0.2) is 0 Å². The summed E-state index contributed by atoms with van der Waals surface area (Å²) in [5.41, 5.74) is 0.928. The summed E-state index contributed by atoms with van der Waals surface area (Å²) in [6.07, 6.45) is 4.16. The van der Waals surface area contributed by atoms with E-state index in [0.717, 1.165) is 34.0 Å². The van der Waals surface area contributed by atoms with Crippen molar-refractivity contribution in [2.45, 2.75) is 44.4 Å². The van der Waals surface area contributed by atoms with Crippen LogP contribution < -0.4 is 10.2 Å². The Morgan fingerprint density at radius 2 is 2.00 bits per heavy atom. The molecule has 7 heteroatoms. The van der Waals surface area contributed by atoms with Crippen molar-refractivity contribution >= 4 is 29.1 Å². The minimum atomic E-state index is 0.627. The van der Waals surface area contributed by atoms with Crippen LogP contribution in [0.15, 0.2) is 29.4 Å². The summed E-state index contributed by atoms with van der Waals surface area (Å²) in [5.74, 6) is 2.06. The second-order valence-corrected chi connectivity index (χ2v) is 7.85. The first kappa shape index (κ1) is 18.5. The van der Waals surface area contributed by atoms with E-state index < -0.39 is 0 Å². The van der Waals surface area contributed by atoms with Gasteiger partial charge in [0, 0.05) is 6.54 Å². The van der Waals surface area contributed by atoms with Gasteiger partial charge in [0.2, 0.25) is 0 Å². The van der Waals surface area contributed by atoms with E-state index >= 15 is 0 Å². The summed E-state index contributed by atoms with van der Waals surface area (Å²) < 4.78 is 2.19. The van der Waals surface area contributed by atoms with Crippen LogP contribution in [-0.4, -0.2) is 40.2 Å². The number of piperidine rings is 1. The van der Waals surface area contributed by atoms with Crippen molar-refractivity contribution in [3.05, 3.63) is 35.1 Å². The standard InChI is InChI=1S/C18H26ClN5S/c1-2-24-17(14-20-16-9-5-4-8-15(16)19)21-22-18(24)25-13-12-23-10-6-3-7-11-23/h4-5,8-9,20H,2-3,6-7,10-14H2,1H3/p+1. The molecule has 1 fully saturated rings. The molecule has 0 saturated carbocycles. The average Bonchev–Trinajstić information content (AvgIpc) is 3.04. The third kappa shape index (κ3) is 5.12. The number of para-hydroxylation sites is 1. The number of nitrogens with one attached hydrogen (secondary N) is 2. The Labute approximate surface area is 159 Å². The zero-order chi connectivity index (χ0) is 17.5. The van der Waals surface area contributed by atoms with Gasteiger partial charge in [0.25, 0.3) is 0 Å². The summed E-state index contributed by atoms with van der Waals surface area (Å²) in [6.45, 7) is 7.52. The SMILES string of the molecule is CCn1c(CNc2ccccc2Cl)nnc1SCC[NH+]1CCCCC1. The smallest absolute Gasteiger partial charge is 0.191 e. The van der Waals surface area contributed by atoms with E-state index in [2.05, 4.69) is 27.0 Å². The minimum absolute atomic E-state index is 0.627. The van der Waals surface area contributed by atoms with E-state index in [-0.39, 0.29) is 0 Å². The number of thioether (sulfide) groups is 1. The number of quaternary nitrogens is 1. The molecular weight excluding hydrogens is 354 g/mol. The molecule has 0 atom stereocenters. The summed E-state index contributed by atoms with van der Waals surface area (Å²) >= 11 is 8.03. The normalized spacial score (nSPS) is 15.4. The summed E-state index contributed by atoms with van der Waals surface area (Å²) in [7, 11) is 0. The van der Waals surface area contributed by atoms with E-state index in [1.165, 1.54) is 38.9 Å². The molecule has 5 nitrogen and oxygen atoms in total. The van der Waals surface area contributed by atoms with Crippen LogP contribution in [0.5, 0.6) is 0 Å². The molecule has 136 valence electrons.